The molecule has 2 rings (SSSR count). The van der Waals surface area contributed by atoms with E-state index in [0.29, 0.717) is 5.01 Å². The summed E-state index contributed by atoms with van der Waals surface area (Å²) in [6.07, 6.45) is 0. The van der Waals surface area contributed by atoms with E-state index in [4.69, 9.17) is 0 Å². The molecule has 0 atom stereocenters. The fraction of sp³-hybridized carbons (Fsp3) is 0.0909. The van der Waals surface area contributed by atoms with E-state index in [-0.39, 0.29) is 5.13 Å². The number of rotatable bonds is 4. The third-order valence-corrected chi connectivity index (χ3v) is 3.19. The van der Waals surface area contributed by atoms with Crippen molar-refractivity contribution in [2.45, 2.75) is 6.92 Å². The number of anilines is 1. The van der Waals surface area contributed by atoms with E-state index in [1.165, 1.54) is 0 Å². The maximum absolute atomic E-state index is 12.1. The number of nitro groups is 1. The molecule has 0 aliphatic carbocycles. The first-order chi connectivity index (χ1) is 9.90. The molecule has 1 N–H and O–H groups in total. The van der Waals surface area contributed by atoms with Gasteiger partial charge >= 0.3 is 0 Å². The average molecular weight is 307 g/mol. The lowest BCUT2D eigenvalue weighted by molar-refractivity contribution is -0.385. The van der Waals surface area contributed by atoms with Gasteiger partial charge in [0.25, 0.3) is 11.6 Å². The van der Waals surface area contributed by atoms with Crippen LogP contribution in [0.2, 0.25) is 0 Å². The lowest BCUT2D eigenvalue weighted by Crippen LogP contribution is -2.27. The second-order valence-electron chi connectivity index (χ2n) is 3.82. The molecular formula is C11H7N4O5S-. The number of carbonyl (C=O) groups is 2. The normalized spacial score (nSPS) is 10.1. The summed E-state index contributed by atoms with van der Waals surface area (Å²) in [6, 6.07) is 3.25. The second kappa shape index (κ2) is 5.63. The Morgan fingerprint density at radius 1 is 1.33 bits per heavy atom. The van der Waals surface area contributed by atoms with Crippen molar-refractivity contribution in [2.75, 3.05) is 5.32 Å². The molecule has 1 amide bonds. The summed E-state index contributed by atoms with van der Waals surface area (Å²) in [5.41, 5.74) is -1.78. The highest BCUT2D eigenvalue weighted by atomic mass is 32.1. The molecule has 21 heavy (non-hydrogen) atoms. The predicted octanol–water partition coefficient (Wildman–Crippen LogP) is 0.371. The molecule has 10 heteroatoms. The van der Waals surface area contributed by atoms with Gasteiger partial charge in [0.05, 0.1) is 10.9 Å². The standard InChI is InChI=1S/C11H8N4O5S/c1-5-13-14-11(21-5)12-9(16)8-6(10(17)18)3-2-4-7(8)15(19)20/h2-4H,1H3,(H,17,18)(H,12,14,16)/p-1. The molecule has 0 aliphatic rings. The summed E-state index contributed by atoms with van der Waals surface area (Å²) >= 11 is 1.05. The molecule has 0 aliphatic heterocycles. The third-order valence-electron chi connectivity index (χ3n) is 2.43. The van der Waals surface area contributed by atoms with E-state index < -0.39 is 33.6 Å². The van der Waals surface area contributed by atoms with E-state index in [1.54, 1.807) is 6.92 Å². The van der Waals surface area contributed by atoms with Crippen molar-refractivity contribution in [1.29, 1.82) is 0 Å². The summed E-state index contributed by atoms with van der Waals surface area (Å²) in [7, 11) is 0. The number of aromatic nitrogens is 2. The molecule has 1 aromatic heterocycles. The second-order valence-corrected chi connectivity index (χ2v) is 5.01. The highest BCUT2D eigenvalue weighted by Gasteiger charge is 2.25. The van der Waals surface area contributed by atoms with E-state index in [2.05, 4.69) is 15.5 Å². The van der Waals surface area contributed by atoms with Crippen LogP contribution in [0.25, 0.3) is 0 Å². The van der Waals surface area contributed by atoms with Gasteiger partial charge in [-0.25, -0.2) is 0 Å². The van der Waals surface area contributed by atoms with Crippen LogP contribution in [-0.2, 0) is 0 Å². The summed E-state index contributed by atoms with van der Waals surface area (Å²) in [4.78, 5) is 33.2. The van der Waals surface area contributed by atoms with Crippen LogP contribution in [0.1, 0.15) is 25.7 Å². The molecule has 1 heterocycles. The van der Waals surface area contributed by atoms with Crippen molar-refractivity contribution in [2.24, 2.45) is 0 Å². The highest BCUT2D eigenvalue weighted by molar-refractivity contribution is 7.15. The van der Waals surface area contributed by atoms with Gasteiger partial charge in [0, 0.05) is 11.6 Å². The van der Waals surface area contributed by atoms with Gasteiger partial charge in [0.15, 0.2) is 0 Å². The number of nitrogens with zero attached hydrogens (tertiary/aromatic N) is 3. The summed E-state index contributed by atoms with van der Waals surface area (Å²) < 4.78 is 0. The van der Waals surface area contributed by atoms with Gasteiger partial charge in [0.2, 0.25) is 5.13 Å². The molecule has 0 bridgehead atoms. The van der Waals surface area contributed by atoms with Crippen molar-refractivity contribution in [3.8, 4) is 0 Å². The van der Waals surface area contributed by atoms with Crippen LogP contribution in [0.3, 0.4) is 0 Å². The molecule has 0 spiro atoms. The number of nitro benzene ring substituents is 1. The lowest BCUT2D eigenvalue weighted by atomic mass is 10.0. The minimum atomic E-state index is -1.68. The molecule has 0 fully saturated rings. The molecule has 0 radical (unpaired) electrons. The summed E-state index contributed by atoms with van der Waals surface area (Å²) in [5, 5.41) is 32.2. The zero-order valence-corrected chi connectivity index (χ0v) is 11.3. The number of aryl methyl sites for hydroxylation is 1. The largest absolute Gasteiger partial charge is 0.545 e. The Balaban J connectivity index is 2.47. The van der Waals surface area contributed by atoms with Crippen molar-refractivity contribution in [3.05, 3.63) is 44.4 Å². The van der Waals surface area contributed by atoms with Gasteiger partial charge in [0.1, 0.15) is 10.6 Å². The van der Waals surface area contributed by atoms with Crippen LogP contribution in [0, 0.1) is 17.0 Å². The number of carbonyl (C=O) groups excluding carboxylic acids is 2. The molecule has 1 aromatic carbocycles. The van der Waals surface area contributed by atoms with Crippen molar-refractivity contribution >= 4 is 34.0 Å². The van der Waals surface area contributed by atoms with Crippen LogP contribution in [0.4, 0.5) is 10.8 Å². The smallest absolute Gasteiger partial charge is 0.282 e. The Morgan fingerprint density at radius 3 is 2.57 bits per heavy atom. The van der Waals surface area contributed by atoms with E-state index in [0.717, 1.165) is 29.5 Å². The van der Waals surface area contributed by atoms with Gasteiger partial charge in [-0.1, -0.05) is 23.5 Å². The first-order valence-corrected chi connectivity index (χ1v) is 6.32. The minimum absolute atomic E-state index is 0.111. The predicted molar refractivity (Wildman–Crippen MR) is 70.0 cm³/mol. The van der Waals surface area contributed by atoms with Gasteiger partial charge in [-0.3, -0.25) is 20.2 Å². The fourth-order valence-corrected chi connectivity index (χ4v) is 2.19. The number of carboxylic acids is 1. The SMILES string of the molecule is Cc1nnc(NC(=O)c2c(C(=O)[O-])cccc2[N+](=O)[O-])s1. The number of nitrogens with one attached hydrogen (secondary N) is 1. The van der Waals surface area contributed by atoms with Crippen molar-refractivity contribution in [1.82, 2.24) is 10.2 Å². The number of hydrogen-bond donors (Lipinski definition) is 1. The summed E-state index contributed by atoms with van der Waals surface area (Å²) in [6.45, 7) is 1.66. The molecule has 0 saturated carbocycles. The monoisotopic (exact) mass is 307 g/mol. The topological polar surface area (TPSA) is 138 Å². The quantitative estimate of drug-likeness (QED) is 0.636. The van der Waals surface area contributed by atoms with Crippen LogP contribution in [0.15, 0.2) is 18.2 Å². The number of hydrogen-bond acceptors (Lipinski definition) is 8. The lowest BCUT2D eigenvalue weighted by Gasteiger charge is -2.09. The molecule has 2 aromatic rings. The van der Waals surface area contributed by atoms with Crippen LogP contribution >= 0.6 is 11.3 Å². The maximum atomic E-state index is 12.1. The number of amides is 1. The van der Waals surface area contributed by atoms with Gasteiger partial charge in [-0.2, -0.15) is 0 Å². The Hall–Kier alpha value is -2.88. The summed E-state index contributed by atoms with van der Waals surface area (Å²) in [5.74, 6) is -2.64. The van der Waals surface area contributed by atoms with Crippen LogP contribution in [0.5, 0.6) is 0 Å². The first-order valence-electron chi connectivity index (χ1n) is 5.50. The Morgan fingerprint density at radius 2 is 2.05 bits per heavy atom. The van der Waals surface area contributed by atoms with Gasteiger partial charge < -0.3 is 9.90 Å². The molecule has 9 nitrogen and oxygen atoms in total. The van der Waals surface area contributed by atoms with Crippen molar-refractivity contribution < 1.29 is 19.6 Å². The van der Waals surface area contributed by atoms with Crippen LogP contribution in [-0.4, -0.2) is 27.0 Å². The fourth-order valence-electron chi connectivity index (χ4n) is 1.61. The maximum Gasteiger partial charge on any atom is 0.282 e. The van der Waals surface area contributed by atoms with E-state index in [1.807, 2.05) is 0 Å². The van der Waals surface area contributed by atoms with Gasteiger partial charge in [-0.15, -0.1) is 10.2 Å². The van der Waals surface area contributed by atoms with Gasteiger partial charge in [-0.05, 0) is 6.92 Å². The molecule has 0 unspecified atom stereocenters. The zero-order chi connectivity index (χ0) is 15.6. The van der Waals surface area contributed by atoms with Crippen molar-refractivity contribution in [3.63, 3.8) is 0 Å². The third kappa shape index (κ3) is 3.00. The van der Waals surface area contributed by atoms with Crippen LogP contribution < -0.4 is 10.4 Å². The molecule has 0 saturated heterocycles. The molecule has 108 valence electrons. The van der Waals surface area contributed by atoms with E-state index >= 15 is 0 Å². The first kappa shape index (κ1) is 14.5. The Labute approximate surface area is 121 Å². The average Bonchev–Trinajstić information content (AvgIpc) is 2.82. The number of aromatic carboxylic acids is 1. The minimum Gasteiger partial charge on any atom is -0.545 e. The number of carboxylic acid groups (broad SMARTS) is 1. The molecular weight excluding hydrogens is 300 g/mol. The van der Waals surface area contributed by atoms with E-state index in [9.17, 15) is 24.8 Å². The Kier molecular flexibility index (Phi) is 3.89. The zero-order valence-electron chi connectivity index (χ0n) is 10.5. The Bertz CT molecular complexity index is 710. The number of benzene rings is 1. The highest BCUT2D eigenvalue weighted by Crippen LogP contribution is 2.24.